The van der Waals surface area contributed by atoms with Crippen molar-refractivity contribution in [1.82, 2.24) is 15.3 Å². The molecule has 33 heavy (non-hydrogen) atoms. The molecule has 2 atom stereocenters. The number of amides is 2. The molecule has 4 rings (SSSR count). The number of fused-ring (bicyclic) bond motifs is 1. The molecule has 2 unspecified atom stereocenters. The zero-order valence-corrected chi connectivity index (χ0v) is 19.3. The van der Waals surface area contributed by atoms with Crippen LogP contribution in [0, 0.1) is 12.7 Å². The van der Waals surface area contributed by atoms with Crippen LogP contribution in [0.4, 0.5) is 15.9 Å². The fraction of sp³-hybridized carbons (Fsp3) is 0.391. The third-order valence-corrected chi connectivity index (χ3v) is 7.01. The van der Waals surface area contributed by atoms with E-state index in [9.17, 15) is 14.0 Å². The van der Waals surface area contributed by atoms with Gasteiger partial charge >= 0.3 is 0 Å². The molecule has 1 aliphatic carbocycles. The number of primary amides is 1. The van der Waals surface area contributed by atoms with Crippen molar-refractivity contribution in [2.45, 2.75) is 58.1 Å². The fourth-order valence-electron chi connectivity index (χ4n) is 4.10. The van der Waals surface area contributed by atoms with Crippen molar-refractivity contribution in [1.29, 1.82) is 0 Å². The quantitative estimate of drug-likeness (QED) is 0.475. The summed E-state index contributed by atoms with van der Waals surface area (Å²) in [6.45, 7) is 3.60. The molecule has 0 saturated heterocycles. The predicted molar refractivity (Wildman–Crippen MR) is 125 cm³/mol. The highest BCUT2D eigenvalue weighted by molar-refractivity contribution is 7.20. The zero-order chi connectivity index (χ0) is 23.5. The van der Waals surface area contributed by atoms with Crippen LogP contribution in [0.5, 0.6) is 5.75 Å². The molecule has 1 aromatic carbocycles. The highest BCUT2D eigenvalue weighted by atomic mass is 32.1. The topological polar surface area (TPSA) is 119 Å². The van der Waals surface area contributed by atoms with Gasteiger partial charge in [-0.3, -0.25) is 9.59 Å². The Morgan fingerprint density at radius 2 is 2.06 bits per heavy atom. The molecule has 2 aromatic heterocycles. The highest BCUT2D eigenvalue weighted by Gasteiger charge is 2.29. The summed E-state index contributed by atoms with van der Waals surface area (Å²) in [6, 6.07) is 4.10. The lowest BCUT2D eigenvalue weighted by Gasteiger charge is -2.33. The molecule has 3 aromatic rings. The van der Waals surface area contributed by atoms with Gasteiger partial charge in [0.25, 0.3) is 5.91 Å². The van der Waals surface area contributed by atoms with E-state index in [0.717, 1.165) is 25.7 Å². The second-order valence-electron chi connectivity index (χ2n) is 8.06. The Bertz CT molecular complexity index is 1200. The number of rotatable bonds is 7. The van der Waals surface area contributed by atoms with Crippen molar-refractivity contribution in [3.8, 4) is 5.75 Å². The fourth-order valence-corrected chi connectivity index (χ4v) is 5.10. The van der Waals surface area contributed by atoms with Gasteiger partial charge in [0.15, 0.2) is 0 Å². The SMILES string of the molecule is CCC(=O)NC1CCCCC1Oc1cc(F)ccc1Nc1ncnc2sc(C(N)=O)c(C)c12. The molecular formula is C23H26FN5O3S. The Morgan fingerprint density at radius 3 is 2.82 bits per heavy atom. The van der Waals surface area contributed by atoms with E-state index in [1.165, 1.54) is 29.8 Å². The molecule has 1 aliphatic rings. The van der Waals surface area contributed by atoms with Gasteiger partial charge < -0.3 is 21.1 Å². The van der Waals surface area contributed by atoms with Crippen LogP contribution in [-0.4, -0.2) is 33.9 Å². The van der Waals surface area contributed by atoms with Crippen LogP contribution < -0.4 is 21.1 Å². The van der Waals surface area contributed by atoms with E-state index in [2.05, 4.69) is 20.6 Å². The number of nitrogens with zero attached hydrogens (tertiary/aromatic N) is 2. The van der Waals surface area contributed by atoms with Crippen LogP contribution >= 0.6 is 11.3 Å². The minimum atomic E-state index is -0.523. The van der Waals surface area contributed by atoms with Gasteiger partial charge in [-0.25, -0.2) is 14.4 Å². The average molecular weight is 472 g/mol. The van der Waals surface area contributed by atoms with E-state index in [-0.39, 0.29) is 18.1 Å². The lowest BCUT2D eigenvalue weighted by molar-refractivity contribution is -0.122. The Balaban J connectivity index is 1.66. The molecule has 174 valence electrons. The second-order valence-corrected chi connectivity index (χ2v) is 9.06. The Hall–Kier alpha value is -3.27. The average Bonchev–Trinajstić information content (AvgIpc) is 3.14. The van der Waals surface area contributed by atoms with Crippen molar-refractivity contribution in [2.24, 2.45) is 5.73 Å². The van der Waals surface area contributed by atoms with E-state index >= 15 is 0 Å². The number of hydrogen-bond acceptors (Lipinski definition) is 7. The molecule has 2 heterocycles. The van der Waals surface area contributed by atoms with Crippen molar-refractivity contribution in [3.05, 3.63) is 40.8 Å². The number of hydrogen-bond donors (Lipinski definition) is 3. The van der Waals surface area contributed by atoms with E-state index in [4.69, 9.17) is 10.5 Å². The predicted octanol–water partition coefficient (Wildman–Crippen LogP) is 4.20. The number of thiophene rings is 1. The summed E-state index contributed by atoms with van der Waals surface area (Å²) < 4.78 is 20.4. The number of nitrogens with one attached hydrogen (secondary N) is 2. The van der Waals surface area contributed by atoms with Crippen LogP contribution in [0.3, 0.4) is 0 Å². The molecule has 1 fully saturated rings. The van der Waals surface area contributed by atoms with Crippen molar-refractivity contribution in [3.63, 3.8) is 0 Å². The summed E-state index contributed by atoms with van der Waals surface area (Å²) in [7, 11) is 0. The first-order valence-corrected chi connectivity index (χ1v) is 11.8. The Labute approximate surface area is 194 Å². The van der Waals surface area contributed by atoms with E-state index in [1.807, 2.05) is 0 Å². The number of aromatic nitrogens is 2. The van der Waals surface area contributed by atoms with Gasteiger partial charge in [0, 0.05) is 12.5 Å². The number of benzene rings is 1. The number of nitrogens with two attached hydrogens (primary N) is 1. The maximum atomic E-state index is 14.2. The molecule has 0 bridgehead atoms. The molecule has 0 aliphatic heterocycles. The van der Waals surface area contributed by atoms with Crippen LogP contribution in [0.1, 0.15) is 54.3 Å². The summed E-state index contributed by atoms with van der Waals surface area (Å²) >= 11 is 1.20. The first kappa shape index (κ1) is 22.9. The third kappa shape index (κ3) is 4.90. The van der Waals surface area contributed by atoms with Crippen LogP contribution in [0.15, 0.2) is 24.5 Å². The van der Waals surface area contributed by atoms with Crippen molar-refractivity contribution < 1.29 is 18.7 Å². The summed E-state index contributed by atoms with van der Waals surface area (Å²) in [5, 5.41) is 6.92. The molecule has 0 spiro atoms. The molecule has 2 amide bonds. The summed E-state index contributed by atoms with van der Waals surface area (Å²) in [5.41, 5.74) is 6.70. The molecule has 4 N–H and O–H groups in total. The summed E-state index contributed by atoms with van der Waals surface area (Å²) in [5.74, 6) is -0.194. The summed E-state index contributed by atoms with van der Waals surface area (Å²) in [6.07, 6.45) is 5.06. The Morgan fingerprint density at radius 1 is 1.27 bits per heavy atom. The number of halogens is 1. The van der Waals surface area contributed by atoms with E-state index in [0.29, 0.717) is 44.3 Å². The van der Waals surface area contributed by atoms with Gasteiger partial charge in [-0.15, -0.1) is 11.3 Å². The third-order valence-electron chi connectivity index (χ3n) is 5.80. The van der Waals surface area contributed by atoms with Gasteiger partial charge in [0.2, 0.25) is 5.91 Å². The summed E-state index contributed by atoms with van der Waals surface area (Å²) in [4.78, 5) is 33.4. The maximum Gasteiger partial charge on any atom is 0.259 e. The van der Waals surface area contributed by atoms with Gasteiger partial charge in [-0.1, -0.05) is 13.3 Å². The molecule has 8 nitrogen and oxygen atoms in total. The monoisotopic (exact) mass is 471 g/mol. The number of anilines is 2. The minimum absolute atomic E-state index is 0.0327. The van der Waals surface area contributed by atoms with Gasteiger partial charge in [0.05, 0.1) is 22.0 Å². The first-order valence-electron chi connectivity index (χ1n) is 10.9. The van der Waals surface area contributed by atoms with Crippen molar-refractivity contribution in [2.75, 3.05) is 5.32 Å². The number of carbonyl (C=O) groups excluding carboxylic acids is 2. The highest BCUT2D eigenvalue weighted by Crippen LogP contribution is 2.37. The lowest BCUT2D eigenvalue weighted by atomic mass is 9.92. The number of ether oxygens (including phenoxy) is 1. The van der Waals surface area contributed by atoms with E-state index in [1.54, 1.807) is 19.9 Å². The number of carbonyl (C=O) groups is 2. The second kappa shape index (κ2) is 9.70. The first-order chi connectivity index (χ1) is 15.9. The maximum absolute atomic E-state index is 14.2. The molecular weight excluding hydrogens is 445 g/mol. The van der Waals surface area contributed by atoms with Crippen LogP contribution in [0.2, 0.25) is 0 Å². The standard InChI is InChI=1S/C23H26FN5O3S/c1-3-18(30)28-14-6-4-5-7-16(14)32-17-10-13(24)8-9-15(17)29-22-19-12(2)20(21(25)31)33-23(19)27-11-26-22/h8-11,14,16H,3-7H2,1-2H3,(H2,25,31)(H,28,30)(H,26,27,29). The van der Waals surface area contributed by atoms with Crippen molar-refractivity contribution >= 4 is 44.9 Å². The molecule has 1 saturated carbocycles. The van der Waals surface area contributed by atoms with Gasteiger partial charge in [-0.2, -0.15) is 0 Å². The van der Waals surface area contributed by atoms with E-state index < -0.39 is 11.7 Å². The molecule has 0 radical (unpaired) electrons. The van der Waals surface area contributed by atoms with Gasteiger partial charge in [0.1, 0.15) is 34.6 Å². The largest absolute Gasteiger partial charge is 0.486 e. The molecule has 10 heteroatoms. The Kier molecular flexibility index (Phi) is 6.73. The van der Waals surface area contributed by atoms with Crippen LogP contribution in [-0.2, 0) is 4.79 Å². The minimum Gasteiger partial charge on any atom is -0.486 e. The van der Waals surface area contributed by atoms with Gasteiger partial charge in [-0.05, 0) is 43.9 Å². The zero-order valence-electron chi connectivity index (χ0n) is 18.5. The number of aryl methyl sites for hydroxylation is 1. The lowest BCUT2D eigenvalue weighted by Crippen LogP contribution is -2.47. The normalized spacial score (nSPS) is 18.2. The smallest absolute Gasteiger partial charge is 0.259 e. The van der Waals surface area contributed by atoms with Crippen LogP contribution in [0.25, 0.3) is 10.2 Å².